The quantitative estimate of drug-likeness (QED) is 0.727. The molecular weight excluding hydrogens is 398 g/mol. The number of anilines is 1. The first-order valence-corrected chi connectivity index (χ1v) is 10.5. The van der Waals surface area contributed by atoms with Crippen molar-refractivity contribution in [3.63, 3.8) is 0 Å². The van der Waals surface area contributed by atoms with Gasteiger partial charge in [-0.15, -0.1) is 0 Å². The van der Waals surface area contributed by atoms with Crippen LogP contribution < -0.4 is 4.90 Å². The average Bonchev–Trinajstić information content (AvgIpc) is 3.02. The summed E-state index contributed by atoms with van der Waals surface area (Å²) in [5, 5.41) is 0.167. The standard InChI is InChI=1S/C18H15ClF2N2O3S/c19-14-2-1-3-15(21)13(14)8-22-16-9-27(25,26)10-17(16)23(18(22)24)12-6-4-11(20)5-7-12/h1-7,16-17H,8-10H2/t16-,17+/m1/s1. The van der Waals surface area contributed by atoms with Crippen LogP contribution >= 0.6 is 11.6 Å². The lowest BCUT2D eigenvalue weighted by Crippen LogP contribution is -2.37. The van der Waals surface area contributed by atoms with E-state index in [1.165, 1.54) is 52.3 Å². The van der Waals surface area contributed by atoms with Crippen LogP contribution in [0.25, 0.3) is 0 Å². The number of halogens is 3. The highest BCUT2D eigenvalue weighted by Gasteiger charge is 2.54. The summed E-state index contributed by atoms with van der Waals surface area (Å²) in [6, 6.07) is 7.79. The van der Waals surface area contributed by atoms with Crippen LogP contribution in [0.15, 0.2) is 42.5 Å². The maximum Gasteiger partial charge on any atom is 0.325 e. The Bertz CT molecular complexity index is 994. The minimum absolute atomic E-state index is 0.136. The zero-order valence-corrected chi connectivity index (χ0v) is 15.6. The highest BCUT2D eigenvalue weighted by Crippen LogP contribution is 2.36. The fraction of sp³-hybridized carbons (Fsp3) is 0.278. The molecule has 9 heteroatoms. The van der Waals surface area contributed by atoms with E-state index in [9.17, 15) is 22.0 Å². The smallest absolute Gasteiger partial charge is 0.314 e. The molecule has 0 saturated carbocycles. The van der Waals surface area contributed by atoms with E-state index in [1.807, 2.05) is 0 Å². The number of sulfone groups is 1. The van der Waals surface area contributed by atoms with E-state index >= 15 is 0 Å². The van der Waals surface area contributed by atoms with Gasteiger partial charge < -0.3 is 4.90 Å². The van der Waals surface area contributed by atoms with E-state index in [1.54, 1.807) is 0 Å². The Morgan fingerprint density at radius 2 is 1.70 bits per heavy atom. The maximum atomic E-state index is 14.2. The molecule has 2 atom stereocenters. The van der Waals surface area contributed by atoms with Crippen LogP contribution in [0.3, 0.4) is 0 Å². The van der Waals surface area contributed by atoms with Gasteiger partial charge in [-0.05, 0) is 36.4 Å². The van der Waals surface area contributed by atoms with Crippen LogP contribution in [0.1, 0.15) is 5.56 Å². The number of nitrogens with zero attached hydrogens (tertiary/aromatic N) is 2. The SMILES string of the molecule is O=C1N(Cc2c(F)cccc2Cl)[C@@H]2CS(=O)(=O)C[C@@H]2N1c1ccc(F)cc1. The summed E-state index contributed by atoms with van der Waals surface area (Å²) in [6.45, 7) is -0.140. The first kappa shape index (κ1) is 18.2. The number of hydrogen-bond acceptors (Lipinski definition) is 3. The summed E-state index contributed by atoms with van der Waals surface area (Å²) in [7, 11) is -3.36. The summed E-state index contributed by atoms with van der Waals surface area (Å²) in [6.07, 6.45) is 0. The third kappa shape index (κ3) is 3.17. The van der Waals surface area contributed by atoms with Crippen LogP contribution in [0, 0.1) is 11.6 Å². The van der Waals surface area contributed by atoms with Crippen molar-refractivity contribution in [2.24, 2.45) is 0 Å². The first-order chi connectivity index (χ1) is 12.8. The molecule has 0 bridgehead atoms. The predicted molar refractivity (Wildman–Crippen MR) is 97.5 cm³/mol. The number of carbonyl (C=O) groups excluding carboxylic acids is 1. The largest absolute Gasteiger partial charge is 0.325 e. The molecule has 2 aliphatic rings. The molecule has 2 aromatic rings. The number of urea groups is 1. The molecule has 0 N–H and O–H groups in total. The molecule has 2 aromatic carbocycles. The van der Waals surface area contributed by atoms with E-state index in [0.717, 1.165) is 0 Å². The molecule has 5 nitrogen and oxygen atoms in total. The lowest BCUT2D eigenvalue weighted by Gasteiger charge is -2.23. The predicted octanol–water partition coefficient (Wildman–Crippen LogP) is 3.23. The van der Waals surface area contributed by atoms with E-state index in [-0.39, 0.29) is 28.6 Å². The van der Waals surface area contributed by atoms with Gasteiger partial charge in [-0.3, -0.25) is 4.90 Å². The molecule has 2 aliphatic heterocycles. The number of amides is 2. The molecule has 4 rings (SSSR count). The zero-order chi connectivity index (χ0) is 19.3. The summed E-state index contributed by atoms with van der Waals surface area (Å²) in [4.78, 5) is 15.7. The van der Waals surface area contributed by atoms with Gasteiger partial charge in [0.1, 0.15) is 11.6 Å². The molecule has 0 spiro atoms. The Kier molecular flexibility index (Phi) is 4.35. The Morgan fingerprint density at radius 1 is 1.04 bits per heavy atom. The van der Waals surface area contributed by atoms with Gasteiger partial charge in [0.25, 0.3) is 0 Å². The van der Waals surface area contributed by atoms with Crippen molar-refractivity contribution in [3.8, 4) is 0 Å². The van der Waals surface area contributed by atoms with Crippen molar-refractivity contribution >= 4 is 33.2 Å². The summed E-state index contributed by atoms with van der Waals surface area (Å²) in [5.74, 6) is -1.42. The number of hydrogen-bond donors (Lipinski definition) is 0. The molecule has 0 aliphatic carbocycles. The lowest BCUT2D eigenvalue weighted by molar-refractivity contribution is 0.205. The van der Waals surface area contributed by atoms with Crippen LogP contribution in [0.4, 0.5) is 19.3 Å². The molecule has 2 amide bonds. The third-order valence-corrected chi connectivity index (χ3v) is 7.03. The second kappa shape index (κ2) is 6.45. The highest BCUT2D eigenvalue weighted by atomic mass is 35.5. The number of carbonyl (C=O) groups is 1. The van der Waals surface area contributed by atoms with Crippen molar-refractivity contribution in [3.05, 3.63) is 64.7 Å². The fourth-order valence-corrected chi connectivity index (χ4v) is 5.89. The normalized spacial score (nSPS) is 23.7. The van der Waals surface area contributed by atoms with Gasteiger partial charge in [-0.2, -0.15) is 0 Å². The average molecular weight is 413 g/mol. The van der Waals surface area contributed by atoms with Crippen molar-refractivity contribution in [2.45, 2.75) is 18.6 Å². The molecule has 27 heavy (non-hydrogen) atoms. The highest BCUT2D eigenvalue weighted by molar-refractivity contribution is 7.91. The van der Waals surface area contributed by atoms with Gasteiger partial charge in [-0.1, -0.05) is 17.7 Å². The monoisotopic (exact) mass is 412 g/mol. The second-order valence-corrected chi connectivity index (χ2v) is 9.23. The lowest BCUT2D eigenvalue weighted by atomic mass is 10.1. The Morgan fingerprint density at radius 3 is 2.37 bits per heavy atom. The minimum atomic E-state index is -3.36. The molecule has 142 valence electrons. The van der Waals surface area contributed by atoms with Crippen LogP contribution in [0.5, 0.6) is 0 Å². The summed E-state index contributed by atoms with van der Waals surface area (Å²) in [5.41, 5.74) is 0.534. The maximum absolute atomic E-state index is 14.2. The fourth-order valence-electron chi connectivity index (χ4n) is 3.72. The molecule has 0 radical (unpaired) electrons. The Hall–Kier alpha value is -2.19. The molecule has 2 fully saturated rings. The molecular formula is C18H15ClF2N2O3S. The van der Waals surface area contributed by atoms with Gasteiger partial charge in [0.05, 0.1) is 30.1 Å². The topological polar surface area (TPSA) is 57.7 Å². The number of benzene rings is 2. The minimum Gasteiger partial charge on any atom is -0.314 e. The van der Waals surface area contributed by atoms with Crippen LogP contribution in [-0.4, -0.2) is 42.9 Å². The molecule has 0 aromatic heterocycles. The van der Waals surface area contributed by atoms with Crippen LogP contribution in [0.2, 0.25) is 5.02 Å². The Labute approximate surface area is 160 Å². The summed E-state index contributed by atoms with van der Waals surface area (Å²) < 4.78 is 51.8. The molecule has 2 saturated heterocycles. The van der Waals surface area contributed by atoms with Crippen molar-refractivity contribution < 1.29 is 22.0 Å². The number of fused-ring (bicyclic) bond motifs is 1. The van der Waals surface area contributed by atoms with Crippen LogP contribution in [-0.2, 0) is 16.4 Å². The van der Waals surface area contributed by atoms with E-state index in [4.69, 9.17) is 11.6 Å². The van der Waals surface area contributed by atoms with Gasteiger partial charge in [0.15, 0.2) is 9.84 Å². The van der Waals surface area contributed by atoms with Crippen molar-refractivity contribution in [1.82, 2.24) is 4.90 Å². The van der Waals surface area contributed by atoms with E-state index < -0.39 is 39.6 Å². The number of rotatable bonds is 3. The van der Waals surface area contributed by atoms with E-state index in [2.05, 4.69) is 0 Å². The summed E-state index contributed by atoms with van der Waals surface area (Å²) >= 11 is 6.07. The molecule has 0 unspecified atom stereocenters. The molecule has 2 heterocycles. The Balaban J connectivity index is 1.74. The van der Waals surface area contributed by atoms with Crippen molar-refractivity contribution in [2.75, 3.05) is 16.4 Å². The van der Waals surface area contributed by atoms with Gasteiger partial charge in [0.2, 0.25) is 0 Å². The van der Waals surface area contributed by atoms with Crippen molar-refractivity contribution in [1.29, 1.82) is 0 Å². The van der Waals surface area contributed by atoms with Gasteiger partial charge in [-0.25, -0.2) is 22.0 Å². The van der Waals surface area contributed by atoms with Gasteiger partial charge in [0, 0.05) is 16.3 Å². The first-order valence-electron chi connectivity index (χ1n) is 8.25. The second-order valence-electron chi connectivity index (χ2n) is 6.67. The third-order valence-electron chi connectivity index (χ3n) is 4.97. The van der Waals surface area contributed by atoms with Gasteiger partial charge >= 0.3 is 6.03 Å². The van der Waals surface area contributed by atoms with E-state index in [0.29, 0.717) is 5.69 Å². The zero-order valence-electron chi connectivity index (χ0n) is 14.0.